The summed E-state index contributed by atoms with van der Waals surface area (Å²) in [5.41, 5.74) is 1.78. The van der Waals surface area contributed by atoms with Crippen molar-refractivity contribution in [2.24, 2.45) is 5.10 Å². The zero-order valence-corrected chi connectivity index (χ0v) is 17.3. The van der Waals surface area contributed by atoms with Crippen molar-refractivity contribution in [2.45, 2.75) is 12.5 Å². The molecule has 4 rings (SSSR count). The summed E-state index contributed by atoms with van der Waals surface area (Å²) in [6, 6.07) is 13.3. The number of esters is 1. The minimum Gasteiger partial charge on any atom is -0.497 e. The predicted octanol–water partition coefficient (Wildman–Crippen LogP) is 3.87. The van der Waals surface area contributed by atoms with Crippen LogP contribution in [0, 0.1) is 0 Å². The summed E-state index contributed by atoms with van der Waals surface area (Å²) >= 11 is 5.79. The number of carbonyl (C=O) groups is 2. The Morgan fingerprint density at radius 1 is 1.23 bits per heavy atom. The lowest BCUT2D eigenvalue weighted by molar-refractivity contribution is -0.136. The quantitative estimate of drug-likeness (QED) is 0.427. The molecule has 3 aromatic rings. The third-order valence-electron chi connectivity index (χ3n) is 4.75. The average molecular weight is 440 g/mol. The Bertz CT molecular complexity index is 1110. The first-order chi connectivity index (χ1) is 15.0. The van der Waals surface area contributed by atoms with E-state index >= 15 is 0 Å². The number of amides is 1. The van der Waals surface area contributed by atoms with Crippen LogP contribution >= 0.6 is 11.6 Å². The lowest BCUT2D eigenvalue weighted by Gasteiger charge is -2.19. The summed E-state index contributed by atoms with van der Waals surface area (Å²) in [6.45, 7) is -0.477. The molecule has 1 aromatic carbocycles. The van der Waals surface area contributed by atoms with Crippen LogP contribution in [-0.4, -0.2) is 41.3 Å². The van der Waals surface area contributed by atoms with Crippen LogP contribution in [-0.2, 0) is 9.53 Å². The molecule has 1 aliphatic rings. The summed E-state index contributed by atoms with van der Waals surface area (Å²) in [5.74, 6) is 0.165. The molecule has 0 saturated heterocycles. The number of benzene rings is 1. The summed E-state index contributed by atoms with van der Waals surface area (Å²) in [4.78, 5) is 28.9. The molecule has 9 heteroatoms. The van der Waals surface area contributed by atoms with Crippen molar-refractivity contribution in [3.05, 3.63) is 83.0 Å². The largest absolute Gasteiger partial charge is 0.497 e. The molecule has 0 N–H and O–H groups in total. The first-order valence-corrected chi connectivity index (χ1v) is 9.79. The molecule has 8 nitrogen and oxygen atoms in total. The maximum atomic E-state index is 12.9. The standard InChI is InChI=1S/C22H18ClN3O5/c1-29-16-6-4-14(5-7-16)17-12-18(19-3-2-10-30-19)26(25-17)21(27)13-31-22(28)15-8-9-24-20(23)11-15/h2-11,18H,12-13H2,1H3. The molecule has 0 saturated carbocycles. The highest BCUT2D eigenvalue weighted by Crippen LogP contribution is 2.33. The molecule has 0 aliphatic carbocycles. The van der Waals surface area contributed by atoms with Gasteiger partial charge in [-0.25, -0.2) is 14.8 Å². The molecule has 1 unspecified atom stereocenters. The Morgan fingerprint density at radius 3 is 2.71 bits per heavy atom. The topological polar surface area (TPSA) is 94.2 Å². The minimum atomic E-state index is -0.675. The molecule has 0 spiro atoms. The third-order valence-corrected chi connectivity index (χ3v) is 4.96. The highest BCUT2D eigenvalue weighted by Gasteiger charge is 2.35. The SMILES string of the molecule is COc1ccc(C2=NN(C(=O)COC(=O)c3ccnc(Cl)c3)C(c3ccco3)C2)cc1. The smallest absolute Gasteiger partial charge is 0.338 e. The van der Waals surface area contributed by atoms with Gasteiger partial charge in [0.1, 0.15) is 22.7 Å². The van der Waals surface area contributed by atoms with Crippen LogP contribution in [0.3, 0.4) is 0 Å². The van der Waals surface area contributed by atoms with Gasteiger partial charge in [-0.15, -0.1) is 0 Å². The average Bonchev–Trinajstić information content (AvgIpc) is 3.47. The van der Waals surface area contributed by atoms with Gasteiger partial charge in [0.05, 0.1) is 24.6 Å². The number of pyridine rings is 1. The van der Waals surface area contributed by atoms with E-state index in [-0.39, 0.29) is 10.7 Å². The second-order valence-electron chi connectivity index (χ2n) is 6.69. The van der Waals surface area contributed by atoms with Crippen LogP contribution in [0.15, 0.2) is 70.5 Å². The van der Waals surface area contributed by atoms with E-state index in [1.165, 1.54) is 29.6 Å². The van der Waals surface area contributed by atoms with E-state index in [1.54, 1.807) is 19.2 Å². The monoisotopic (exact) mass is 439 g/mol. The van der Waals surface area contributed by atoms with E-state index in [4.69, 9.17) is 25.5 Å². The Balaban J connectivity index is 1.51. The molecule has 1 amide bonds. The molecule has 3 heterocycles. The Morgan fingerprint density at radius 2 is 2.03 bits per heavy atom. The molecule has 0 bridgehead atoms. The summed E-state index contributed by atoms with van der Waals surface area (Å²) in [6.07, 6.45) is 3.38. The number of rotatable bonds is 6. The van der Waals surface area contributed by atoms with Crippen molar-refractivity contribution in [3.8, 4) is 5.75 Å². The normalized spacial score (nSPS) is 15.5. The predicted molar refractivity (Wildman–Crippen MR) is 112 cm³/mol. The van der Waals surface area contributed by atoms with Crippen molar-refractivity contribution >= 4 is 29.2 Å². The molecule has 158 valence electrons. The fraction of sp³-hybridized carbons (Fsp3) is 0.182. The number of furan rings is 1. The van der Waals surface area contributed by atoms with Crippen LogP contribution < -0.4 is 4.74 Å². The summed E-state index contributed by atoms with van der Waals surface area (Å²) < 4.78 is 15.9. The van der Waals surface area contributed by atoms with Crippen molar-refractivity contribution in [1.29, 1.82) is 0 Å². The molecule has 2 aromatic heterocycles. The number of aromatic nitrogens is 1. The van der Waals surface area contributed by atoms with Gasteiger partial charge in [0.2, 0.25) is 0 Å². The first-order valence-electron chi connectivity index (χ1n) is 9.41. The van der Waals surface area contributed by atoms with Gasteiger partial charge in [0.25, 0.3) is 5.91 Å². The van der Waals surface area contributed by atoms with Crippen LogP contribution in [0.2, 0.25) is 5.15 Å². The van der Waals surface area contributed by atoms with E-state index < -0.39 is 24.5 Å². The van der Waals surface area contributed by atoms with E-state index in [2.05, 4.69) is 10.1 Å². The number of hydrazone groups is 1. The van der Waals surface area contributed by atoms with Gasteiger partial charge in [-0.2, -0.15) is 5.10 Å². The fourth-order valence-electron chi connectivity index (χ4n) is 3.21. The van der Waals surface area contributed by atoms with Crippen LogP contribution in [0.1, 0.15) is 34.1 Å². The van der Waals surface area contributed by atoms with Gasteiger partial charge in [-0.1, -0.05) is 11.6 Å². The van der Waals surface area contributed by atoms with E-state index in [0.717, 1.165) is 11.3 Å². The van der Waals surface area contributed by atoms with Gasteiger partial charge in [-0.05, 0) is 54.1 Å². The number of hydrogen-bond acceptors (Lipinski definition) is 7. The number of halogens is 1. The van der Waals surface area contributed by atoms with Crippen LogP contribution in [0.5, 0.6) is 5.75 Å². The van der Waals surface area contributed by atoms with Gasteiger partial charge >= 0.3 is 5.97 Å². The zero-order chi connectivity index (χ0) is 21.8. The highest BCUT2D eigenvalue weighted by atomic mass is 35.5. The maximum absolute atomic E-state index is 12.9. The highest BCUT2D eigenvalue weighted by molar-refractivity contribution is 6.29. The lowest BCUT2D eigenvalue weighted by Crippen LogP contribution is -2.31. The van der Waals surface area contributed by atoms with Gasteiger partial charge in [-0.3, -0.25) is 4.79 Å². The minimum absolute atomic E-state index is 0.159. The Hall–Kier alpha value is -3.65. The number of carbonyl (C=O) groups excluding carboxylic acids is 2. The van der Waals surface area contributed by atoms with Crippen LogP contribution in [0.4, 0.5) is 0 Å². The Kier molecular flexibility index (Phi) is 5.99. The summed E-state index contributed by atoms with van der Waals surface area (Å²) in [5, 5.41) is 5.95. The molecule has 0 fully saturated rings. The fourth-order valence-corrected chi connectivity index (χ4v) is 3.38. The lowest BCUT2D eigenvalue weighted by atomic mass is 10.0. The van der Waals surface area contributed by atoms with E-state index in [1.807, 2.05) is 24.3 Å². The third kappa shape index (κ3) is 4.59. The number of hydrogen-bond donors (Lipinski definition) is 0. The first kappa shape index (κ1) is 20.6. The number of ether oxygens (including phenoxy) is 2. The number of nitrogens with zero attached hydrogens (tertiary/aromatic N) is 3. The van der Waals surface area contributed by atoms with Crippen molar-refractivity contribution in [2.75, 3.05) is 13.7 Å². The molecular formula is C22H18ClN3O5. The van der Waals surface area contributed by atoms with E-state index in [0.29, 0.717) is 17.9 Å². The van der Waals surface area contributed by atoms with Gasteiger partial charge in [0.15, 0.2) is 6.61 Å². The second kappa shape index (κ2) is 9.01. The van der Waals surface area contributed by atoms with Gasteiger partial charge in [0, 0.05) is 12.6 Å². The van der Waals surface area contributed by atoms with Crippen LogP contribution in [0.25, 0.3) is 0 Å². The molecule has 31 heavy (non-hydrogen) atoms. The molecule has 1 atom stereocenters. The molecule has 0 radical (unpaired) electrons. The van der Waals surface area contributed by atoms with Gasteiger partial charge < -0.3 is 13.9 Å². The molecular weight excluding hydrogens is 422 g/mol. The summed E-state index contributed by atoms with van der Waals surface area (Å²) in [7, 11) is 1.59. The van der Waals surface area contributed by atoms with Crippen molar-refractivity contribution in [3.63, 3.8) is 0 Å². The number of methoxy groups -OCH3 is 1. The molecule has 1 aliphatic heterocycles. The Labute approximate surface area is 183 Å². The maximum Gasteiger partial charge on any atom is 0.338 e. The zero-order valence-electron chi connectivity index (χ0n) is 16.5. The second-order valence-corrected chi connectivity index (χ2v) is 7.08. The van der Waals surface area contributed by atoms with E-state index in [9.17, 15) is 9.59 Å². The van der Waals surface area contributed by atoms with Crippen molar-refractivity contribution < 1.29 is 23.5 Å². The van der Waals surface area contributed by atoms with Crippen molar-refractivity contribution in [1.82, 2.24) is 9.99 Å².